The number of aromatic amines is 1. The van der Waals surface area contributed by atoms with Crippen LogP contribution in [0, 0.1) is 18.3 Å². The van der Waals surface area contributed by atoms with Crippen LogP contribution in [-0.2, 0) is 0 Å². The lowest BCUT2D eigenvalue weighted by molar-refractivity contribution is 0.0950. The van der Waals surface area contributed by atoms with E-state index < -0.39 is 0 Å². The number of rotatable bonds is 3. The Bertz CT molecular complexity index is 336. The third kappa shape index (κ3) is 2.60. The van der Waals surface area contributed by atoms with Gasteiger partial charge in [-0.15, -0.1) is 0 Å². The summed E-state index contributed by atoms with van der Waals surface area (Å²) in [5, 5.41) is 10.8. The second-order valence-electron chi connectivity index (χ2n) is 2.55. The number of hydrogen-bond acceptors (Lipinski definition) is 3. The zero-order valence-electron chi connectivity index (χ0n) is 7.29. The third-order valence-electron chi connectivity index (χ3n) is 1.47. The molecule has 2 N–H and O–H groups in total. The van der Waals surface area contributed by atoms with Gasteiger partial charge in [0.1, 0.15) is 11.5 Å². The number of H-pyrrole nitrogens is 1. The molecule has 0 aromatic carbocycles. The van der Waals surface area contributed by atoms with Crippen LogP contribution >= 0.6 is 0 Å². The van der Waals surface area contributed by atoms with Gasteiger partial charge in [0.05, 0.1) is 18.7 Å². The molecule has 68 valence electrons. The molecule has 0 aliphatic heterocycles. The van der Waals surface area contributed by atoms with Crippen molar-refractivity contribution in [3.05, 3.63) is 17.7 Å². The first-order valence-corrected chi connectivity index (χ1v) is 3.91. The number of aromatic nitrogens is 2. The van der Waals surface area contributed by atoms with E-state index in [1.54, 1.807) is 6.92 Å². The Balaban J connectivity index is 2.45. The predicted molar refractivity (Wildman–Crippen MR) is 45.9 cm³/mol. The molecule has 1 heterocycles. The first kappa shape index (κ1) is 9.26. The van der Waals surface area contributed by atoms with Crippen molar-refractivity contribution in [2.75, 3.05) is 6.54 Å². The molecule has 1 amide bonds. The van der Waals surface area contributed by atoms with Crippen LogP contribution in [0.15, 0.2) is 6.20 Å². The molecule has 0 aliphatic rings. The maximum atomic E-state index is 11.2. The number of carbonyl (C=O) groups excluding carboxylic acids is 1. The fourth-order valence-corrected chi connectivity index (χ4v) is 0.863. The van der Waals surface area contributed by atoms with E-state index in [2.05, 4.69) is 15.3 Å². The van der Waals surface area contributed by atoms with Gasteiger partial charge in [-0.05, 0) is 6.92 Å². The monoisotopic (exact) mass is 178 g/mol. The minimum absolute atomic E-state index is 0.226. The topological polar surface area (TPSA) is 81.6 Å². The van der Waals surface area contributed by atoms with Crippen molar-refractivity contribution >= 4 is 5.91 Å². The van der Waals surface area contributed by atoms with Crippen LogP contribution in [0.25, 0.3) is 0 Å². The molecule has 13 heavy (non-hydrogen) atoms. The zero-order chi connectivity index (χ0) is 9.68. The van der Waals surface area contributed by atoms with Crippen LogP contribution < -0.4 is 5.32 Å². The van der Waals surface area contributed by atoms with Crippen molar-refractivity contribution in [2.24, 2.45) is 0 Å². The summed E-state index contributed by atoms with van der Waals surface area (Å²) in [5.74, 6) is 0.473. The van der Waals surface area contributed by atoms with Crippen molar-refractivity contribution in [3.63, 3.8) is 0 Å². The summed E-state index contributed by atoms with van der Waals surface area (Å²) >= 11 is 0. The highest BCUT2D eigenvalue weighted by atomic mass is 16.1. The number of aryl methyl sites for hydroxylation is 1. The minimum atomic E-state index is -0.226. The molecule has 0 aliphatic carbocycles. The molecule has 5 heteroatoms. The van der Waals surface area contributed by atoms with E-state index in [4.69, 9.17) is 5.26 Å². The molecule has 0 bridgehead atoms. The molecular weight excluding hydrogens is 168 g/mol. The summed E-state index contributed by atoms with van der Waals surface area (Å²) in [6.45, 7) is 2.14. The van der Waals surface area contributed by atoms with Gasteiger partial charge in [-0.1, -0.05) is 0 Å². The summed E-state index contributed by atoms with van der Waals surface area (Å²) in [4.78, 5) is 17.9. The number of nitriles is 1. The van der Waals surface area contributed by atoms with Crippen molar-refractivity contribution < 1.29 is 4.79 Å². The maximum Gasteiger partial charge on any atom is 0.269 e. The molecule has 5 nitrogen and oxygen atoms in total. The molecule has 0 saturated heterocycles. The Morgan fingerprint density at radius 1 is 1.85 bits per heavy atom. The van der Waals surface area contributed by atoms with Crippen molar-refractivity contribution in [1.29, 1.82) is 5.26 Å². The Hall–Kier alpha value is -1.83. The van der Waals surface area contributed by atoms with Gasteiger partial charge in [0.2, 0.25) is 0 Å². The lowest BCUT2D eigenvalue weighted by Crippen LogP contribution is -2.24. The largest absolute Gasteiger partial charge is 0.350 e. The Morgan fingerprint density at radius 3 is 3.15 bits per heavy atom. The van der Waals surface area contributed by atoms with E-state index >= 15 is 0 Å². The fraction of sp³-hybridized carbons (Fsp3) is 0.375. The van der Waals surface area contributed by atoms with Gasteiger partial charge < -0.3 is 10.3 Å². The molecule has 0 radical (unpaired) electrons. The molecule has 0 unspecified atom stereocenters. The number of imidazole rings is 1. The second-order valence-corrected chi connectivity index (χ2v) is 2.55. The summed E-state index contributed by atoms with van der Waals surface area (Å²) in [6.07, 6.45) is 1.79. The molecular formula is C8H10N4O. The summed E-state index contributed by atoms with van der Waals surface area (Å²) in [6, 6.07) is 1.94. The maximum absolute atomic E-state index is 11.2. The number of nitrogens with zero attached hydrogens (tertiary/aromatic N) is 2. The fourth-order valence-electron chi connectivity index (χ4n) is 0.863. The van der Waals surface area contributed by atoms with E-state index in [-0.39, 0.29) is 5.91 Å². The van der Waals surface area contributed by atoms with Gasteiger partial charge >= 0.3 is 0 Å². The van der Waals surface area contributed by atoms with E-state index in [1.165, 1.54) is 6.20 Å². The zero-order valence-corrected chi connectivity index (χ0v) is 7.29. The first-order chi connectivity index (χ1) is 6.24. The van der Waals surface area contributed by atoms with Crippen molar-refractivity contribution in [3.8, 4) is 6.07 Å². The van der Waals surface area contributed by atoms with E-state index in [0.29, 0.717) is 24.5 Å². The second kappa shape index (κ2) is 4.26. The molecule has 0 saturated carbocycles. The minimum Gasteiger partial charge on any atom is -0.350 e. The molecule has 1 rings (SSSR count). The highest BCUT2D eigenvalue weighted by Gasteiger charge is 2.06. The number of amides is 1. The Kier molecular flexibility index (Phi) is 3.03. The van der Waals surface area contributed by atoms with Crippen LogP contribution in [0.5, 0.6) is 0 Å². The van der Waals surface area contributed by atoms with E-state index in [1.807, 2.05) is 6.07 Å². The third-order valence-corrected chi connectivity index (χ3v) is 1.47. The van der Waals surface area contributed by atoms with Crippen LogP contribution in [0.1, 0.15) is 22.7 Å². The summed E-state index contributed by atoms with van der Waals surface area (Å²) in [5.41, 5.74) is 0.426. The van der Waals surface area contributed by atoms with Gasteiger partial charge in [0.15, 0.2) is 0 Å². The van der Waals surface area contributed by atoms with Gasteiger partial charge in [-0.3, -0.25) is 4.79 Å². The quantitative estimate of drug-likeness (QED) is 0.656. The summed E-state index contributed by atoms with van der Waals surface area (Å²) < 4.78 is 0. The van der Waals surface area contributed by atoms with Crippen molar-refractivity contribution in [2.45, 2.75) is 13.3 Å². The van der Waals surface area contributed by atoms with Gasteiger partial charge in [-0.2, -0.15) is 5.26 Å². The van der Waals surface area contributed by atoms with Gasteiger partial charge in [-0.25, -0.2) is 4.98 Å². The highest BCUT2D eigenvalue weighted by Crippen LogP contribution is 1.94. The average Bonchev–Trinajstić information content (AvgIpc) is 2.52. The SMILES string of the molecule is Cc1ncc(C(=O)NCCC#N)[nH]1. The van der Waals surface area contributed by atoms with E-state index in [9.17, 15) is 4.79 Å². The number of hydrogen-bond donors (Lipinski definition) is 2. The standard InChI is InChI=1S/C8H10N4O/c1-6-11-5-7(12-6)8(13)10-4-2-3-9/h5H,2,4H2,1H3,(H,10,13)(H,11,12). The van der Waals surface area contributed by atoms with Crippen molar-refractivity contribution in [1.82, 2.24) is 15.3 Å². The van der Waals surface area contributed by atoms with Crippen LogP contribution in [0.2, 0.25) is 0 Å². The molecule has 0 fully saturated rings. The van der Waals surface area contributed by atoms with Crippen LogP contribution in [-0.4, -0.2) is 22.4 Å². The molecule has 0 atom stereocenters. The lowest BCUT2D eigenvalue weighted by atomic mass is 10.4. The van der Waals surface area contributed by atoms with Gasteiger partial charge in [0, 0.05) is 6.54 Å². The number of nitrogens with one attached hydrogen (secondary N) is 2. The highest BCUT2D eigenvalue weighted by molar-refractivity contribution is 5.92. The Labute approximate surface area is 75.8 Å². The van der Waals surface area contributed by atoms with Crippen LogP contribution in [0.4, 0.5) is 0 Å². The van der Waals surface area contributed by atoms with Crippen LogP contribution in [0.3, 0.4) is 0 Å². The predicted octanol–water partition coefficient (Wildman–Crippen LogP) is 0.362. The van der Waals surface area contributed by atoms with E-state index in [0.717, 1.165) is 0 Å². The smallest absolute Gasteiger partial charge is 0.269 e. The average molecular weight is 178 g/mol. The molecule has 1 aromatic rings. The molecule has 0 spiro atoms. The first-order valence-electron chi connectivity index (χ1n) is 3.91. The Morgan fingerprint density at radius 2 is 2.62 bits per heavy atom. The number of carbonyl (C=O) groups is 1. The van der Waals surface area contributed by atoms with Gasteiger partial charge in [0.25, 0.3) is 5.91 Å². The normalized spacial score (nSPS) is 9.23. The lowest BCUT2D eigenvalue weighted by Gasteiger charge is -1.98. The summed E-state index contributed by atoms with van der Waals surface area (Å²) in [7, 11) is 0. The molecule has 1 aromatic heterocycles.